The van der Waals surface area contributed by atoms with Crippen LogP contribution in [-0.4, -0.2) is 17.9 Å². The topological polar surface area (TPSA) is 20.3 Å². The number of amides is 1. The molecule has 1 aliphatic carbocycles. The van der Waals surface area contributed by atoms with Gasteiger partial charge in [0.15, 0.2) is 0 Å². The molecule has 4 heteroatoms. The van der Waals surface area contributed by atoms with Crippen molar-refractivity contribution in [3.63, 3.8) is 0 Å². The van der Waals surface area contributed by atoms with Crippen molar-refractivity contribution in [1.29, 1.82) is 0 Å². The molecule has 3 rings (SSSR count). The third-order valence-electron chi connectivity index (χ3n) is 4.28. The summed E-state index contributed by atoms with van der Waals surface area (Å²) in [7, 11) is 1.65. The van der Waals surface area contributed by atoms with Crippen molar-refractivity contribution in [2.24, 2.45) is 0 Å². The molecule has 0 heterocycles. The zero-order valence-corrected chi connectivity index (χ0v) is 12.4. The number of hydrogen-bond donors (Lipinski definition) is 0. The molecule has 0 aromatic heterocycles. The first kappa shape index (κ1) is 14.7. The third kappa shape index (κ3) is 2.61. The second-order valence-corrected chi connectivity index (χ2v) is 5.65. The van der Waals surface area contributed by atoms with Gasteiger partial charge in [0.25, 0.3) is 5.91 Å². The summed E-state index contributed by atoms with van der Waals surface area (Å²) in [5.74, 6) is -1.79. The summed E-state index contributed by atoms with van der Waals surface area (Å²) in [4.78, 5) is 14.1. The Hall–Kier alpha value is -2.23. The lowest BCUT2D eigenvalue weighted by Crippen LogP contribution is -2.33. The van der Waals surface area contributed by atoms with Crippen LogP contribution in [0.2, 0.25) is 0 Å². The van der Waals surface area contributed by atoms with Gasteiger partial charge in [-0.25, -0.2) is 8.78 Å². The molecule has 22 heavy (non-hydrogen) atoms. The molecule has 1 amide bonds. The average molecular weight is 301 g/mol. The van der Waals surface area contributed by atoms with Gasteiger partial charge in [-0.15, -0.1) is 0 Å². The molecule has 0 fully saturated rings. The Bertz CT molecular complexity index is 714. The van der Waals surface area contributed by atoms with Crippen LogP contribution in [0.25, 0.3) is 0 Å². The van der Waals surface area contributed by atoms with Crippen molar-refractivity contribution < 1.29 is 13.6 Å². The number of fused-ring (bicyclic) bond motifs is 1. The molecule has 0 bridgehead atoms. The van der Waals surface area contributed by atoms with Gasteiger partial charge < -0.3 is 4.90 Å². The van der Waals surface area contributed by atoms with Gasteiger partial charge in [-0.2, -0.15) is 0 Å². The van der Waals surface area contributed by atoms with Crippen molar-refractivity contribution in [1.82, 2.24) is 4.90 Å². The van der Waals surface area contributed by atoms with E-state index in [1.54, 1.807) is 7.05 Å². The molecule has 0 N–H and O–H groups in total. The van der Waals surface area contributed by atoms with E-state index in [-0.39, 0.29) is 11.6 Å². The lowest BCUT2D eigenvalue weighted by atomic mass is 9.87. The van der Waals surface area contributed by atoms with Crippen LogP contribution in [0.15, 0.2) is 42.5 Å². The molecule has 1 aliphatic rings. The summed E-state index contributed by atoms with van der Waals surface area (Å²) >= 11 is 0. The van der Waals surface area contributed by atoms with E-state index in [0.29, 0.717) is 0 Å². The van der Waals surface area contributed by atoms with Crippen LogP contribution in [0.1, 0.15) is 40.4 Å². The summed E-state index contributed by atoms with van der Waals surface area (Å²) < 4.78 is 27.1. The maximum Gasteiger partial charge on any atom is 0.257 e. The molecule has 0 spiro atoms. The Labute approximate surface area is 128 Å². The predicted molar refractivity (Wildman–Crippen MR) is 80.6 cm³/mol. The third-order valence-corrected chi connectivity index (χ3v) is 4.28. The molecule has 0 saturated heterocycles. The molecular formula is C18H17F2NO. The van der Waals surface area contributed by atoms with E-state index < -0.39 is 17.5 Å². The molecule has 0 unspecified atom stereocenters. The van der Waals surface area contributed by atoms with Gasteiger partial charge in [-0.1, -0.05) is 24.3 Å². The van der Waals surface area contributed by atoms with E-state index in [9.17, 15) is 13.6 Å². The largest absolute Gasteiger partial charge is 0.335 e. The highest BCUT2D eigenvalue weighted by Crippen LogP contribution is 2.34. The number of halogens is 2. The fourth-order valence-corrected chi connectivity index (χ4v) is 3.12. The highest BCUT2D eigenvalue weighted by Gasteiger charge is 2.28. The summed E-state index contributed by atoms with van der Waals surface area (Å²) in [6.07, 6.45) is 2.80. The SMILES string of the molecule is CN(C(=O)c1cc(F)ccc1F)[C@H]1CCCc2ccccc21. The quantitative estimate of drug-likeness (QED) is 0.817. The van der Waals surface area contributed by atoms with E-state index in [4.69, 9.17) is 0 Å². The number of benzene rings is 2. The molecule has 0 saturated carbocycles. The fourth-order valence-electron chi connectivity index (χ4n) is 3.12. The molecule has 1 atom stereocenters. The maximum atomic E-state index is 13.8. The minimum atomic E-state index is -0.692. The average Bonchev–Trinajstić information content (AvgIpc) is 2.55. The van der Waals surface area contributed by atoms with Crippen LogP contribution in [0.4, 0.5) is 8.78 Å². The van der Waals surface area contributed by atoms with E-state index >= 15 is 0 Å². The van der Waals surface area contributed by atoms with Crippen LogP contribution in [0.3, 0.4) is 0 Å². The second kappa shape index (κ2) is 5.87. The van der Waals surface area contributed by atoms with Gasteiger partial charge in [0.1, 0.15) is 11.6 Å². The lowest BCUT2D eigenvalue weighted by molar-refractivity contribution is 0.0709. The molecule has 0 radical (unpaired) electrons. The standard InChI is InChI=1S/C18H17F2NO/c1-21(18(22)15-11-13(19)9-10-16(15)20)17-8-4-6-12-5-2-3-7-14(12)17/h2-3,5,7,9-11,17H,4,6,8H2,1H3/t17-/m0/s1. The van der Waals surface area contributed by atoms with Crippen molar-refractivity contribution in [3.8, 4) is 0 Å². The maximum absolute atomic E-state index is 13.8. The van der Waals surface area contributed by atoms with E-state index in [0.717, 1.165) is 43.0 Å². The van der Waals surface area contributed by atoms with Crippen molar-refractivity contribution in [2.75, 3.05) is 7.05 Å². The number of carbonyl (C=O) groups is 1. The van der Waals surface area contributed by atoms with Crippen LogP contribution in [0, 0.1) is 11.6 Å². The summed E-state index contributed by atoms with van der Waals surface area (Å²) in [6.45, 7) is 0. The van der Waals surface area contributed by atoms with E-state index in [2.05, 4.69) is 6.07 Å². The summed E-state index contributed by atoms with van der Waals surface area (Å²) in [5, 5.41) is 0. The van der Waals surface area contributed by atoms with Crippen molar-refractivity contribution in [2.45, 2.75) is 25.3 Å². The summed E-state index contributed by atoms with van der Waals surface area (Å²) in [5.41, 5.74) is 2.10. The Morgan fingerprint density at radius 2 is 1.95 bits per heavy atom. The monoisotopic (exact) mass is 301 g/mol. The van der Waals surface area contributed by atoms with E-state index in [1.165, 1.54) is 10.5 Å². The number of rotatable bonds is 2. The Morgan fingerprint density at radius 3 is 2.77 bits per heavy atom. The zero-order chi connectivity index (χ0) is 15.7. The fraction of sp³-hybridized carbons (Fsp3) is 0.278. The number of nitrogens with zero attached hydrogens (tertiary/aromatic N) is 1. The molecule has 114 valence electrons. The smallest absolute Gasteiger partial charge is 0.257 e. The Kier molecular flexibility index (Phi) is 3.92. The second-order valence-electron chi connectivity index (χ2n) is 5.65. The molecule has 2 aromatic carbocycles. The normalized spacial score (nSPS) is 17.0. The van der Waals surface area contributed by atoms with Crippen molar-refractivity contribution >= 4 is 5.91 Å². The van der Waals surface area contributed by atoms with Crippen LogP contribution < -0.4 is 0 Å². The highest BCUT2D eigenvalue weighted by atomic mass is 19.1. The zero-order valence-electron chi connectivity index (χ0n) is 12.4. The highest BCUT2D eigenvalue weighted by molar-refractivity contribution is 5.94. The van der Waals surface area contributed by atoms with Crippen LogP contribution in [-0.2, 0) is 6.42 Å². The Morgan fingerprint density at radius 1 is 1.18 bits per heavy atom. The molecular weight excluding hydrogens is 284 g/mol. The minimum Gasteiger partial charge on any atom is -0.335 e. The molecule has 2 nitrogen and oxygen atoms in total. The predicted octanol–water partition coefficient (Wildman–Crippen LogP) is 4.11. The molecule has 2 aromatic rings. The molecule has 0 aliphatic heterocycles. The minimum absolute atomic E-state index is 0.0971. The van der Waals surface area contributed by atoms with Gasteiger partial charge in [-0.3, -0.25) is 4.79 Å². The number of hydrogen-bond acceptors (Lipinski definition) is 1. The van der Waals surface area contributed by atoms with Gasteiger partial charge in [0, 0.05) is 7.05 Å². The summed E-state index contributed by atoms with van der Waals surface area (Å²) in [6, 6.07) is 10.9. The van der Waals surface area contributed by atoms with E-state index in [1.807, 2.05) is 18.2 Å². The van der Waals surface area contributed by atoms with Gasteiger partial charge in [0.05, 0.1) is 11.6 Å². The van der Waals surface area contributed by atoms with Crippen molar-refractivity contribution in [3.05, 3.63) is 70.8 Å². The lowest BCUT2D eigenvalue weighted by Gasteiger charge is -2.33. The first-order chi connectivity index (χ1) is 10.6. The number of carbonyl (C=O) groups excluding carboxylic acids is 1. The van der Waals surface area contributed by atoms with Gasteiger partial charge in [-0.05, 0) is 48.6 Å². The van der Waals surface area contributed by atoms with Gasteiger partial charge >= 0.3 is 0 Å². The van der Waals surface area contributed by atoms with Gasteiger partial charge in [0.2, 0.25) is 0 Å². The first-order valence-corrected chi connectivity index (χ1v) is 7.38. The van der Waals surface area contributed by atoms with Crippen LogP contribution >= 0.6 is 0 Å². The Balaban J connectivity index is 1.93. The number of aryl methyl sites for hydroxylation is 1. The van der Waals surface area contributed by atoms with Crippen LogP contribution in [0.5, 0.6) is 0 Å². The first-order valence-electron chi connectivity index (χ1n) is 7.38.